The number of hydrogen-bond donors (Lipinski definition) is 0. The van der Waals surface area contributed by atoms with E-state index in [2.05, 4.69) is 33.9 Å². The van der Waals surface area contributed by atoms with Crippen LogP contribution in [-0.2, 0) is 23.5 Å². The van der Waals surface area contributed by atoms with Crippen molar-refractivity contribution >= 4 is 20.3 Å². The molecule has 2 atom stereocenters. The fourth-order valence-corrected chi connectivity index (χ4v) is 2.62. The molecule has 0 spiro atoms. The SMILES string of the molecule is CC(C)(C)C(=O)O[C@@H]1C=CC(=O)O[C@@H]1CO[Si](C)(C)C(C)(C)C. The molecule has 0 saturated heterocycles. The van der Waals surface area contributed by atoms with Crippen LogP contribution < -0.4 is 0 Å². The zero-order valence-electron chi connectivity index (χ0n) is 15.6. The molecule has 1 heterocycles. The third-order valence-corrected chi connectivity index (χ3v) is 8.83. The highest BCUT2D eigenvalue weighted by Crippen LogP contribution is 2.37. The predicted molar refractivity (Wildman–Crippen MR) is 91.5 cm³/mol. The zero-order chi connectivity index (χ0) is 18.1. The van der Waals surface area contributed by atoms with Crippen LogP contribution >= 0.6 is 0 Å². The average Bonchev–Trinajstić information content (AvgIpc) is 2.36. The first-order valence-corrected chi connectivity index (χ1v) is 10.9. The lowest BCUT2D eigenvalue weighted by atomic mass is 9.97. The van der Waals surface area contributed by atoms with E-state index in [4.69, 9.17) is 13.9 Å². The van der Waals surface area contributed by atoms with Gasteiger partial charge in [0.15, 0.2) is 20.5 Å². The van der Waals surface area contributed by atoms with Crippen LogP contribution in [0.3, 0.4) is 0 Å². The van der Waals surface area contributed by atoms with Gasteiger partial charge in [0.2, 0.25) is 0 Å². The summed E-state index contributed by atoms with van der Waals surface area (Å²) in [4.78, 5) is 23.6. The van der Waals surface area contributed by atoms with E-state index < -0.39 is 31.9 Å². The summed E-state index contributed by atoms with van der Waals surface area (Å²) in [6, 6.07) is 0. The maximum absolute atomic E-state index is 12.1. The van der Waals surface area contributed by atoms with Crippen LogP contribution in [0.4, 0.5) is 0 Å². The standard InChI is InChI=1S/C17H30O5Si/c1-16(2,3)15(19)22-12-9-10-14(18)21-13(12)11-20-23(7,8)17(4,5)6/h9-10,12-13H,11H2,1-8H3/t12-,13-/m1/s1. The van der Waals surface area contributed by atoms with Gasteiger partial charge in [-0.1, -0.05) is 20.8 Å². The Balaban J connectivity index is 2.79. The van der Waals surface area contributed by atoms with Crippen molar-refractivity contribution in [1.82, 2.24) is 0 Å². The molecule has 0 fully saturated rings. The fraction of sp³-hybridized carbons (Fsp3) is 0.765. The van der Waals surface area contributed by atoms with Gasteiger partial charge in [0.1, 0.15) is 0 Å². The van der Waals surface area contributed by atoms with Gasteiger partial charge in [0, 0.05) is 6.08 Å². The van der Waals surface area contributed by atoms with E-state index in [1.807, 2.05) is 0 Å². The Bertz CT molecular complexity index is 482. The first-order valence-electron chi connectivity index (χ1n) is 7.98. The van der Waals surface area contributed by atoms with Gasteiger partial charge in [0.05, 0.1) is 12.0 Å². The molecule has 0 aliphatic carbocycles. The summed E-state index contributed by atoms with van der Waals surface area (Å²) in [5.41, 5.74) is -0.611. The van der Waals surface area contributed by atoms with Crippen molar-refractivity contribution in [3.63, 3.8) is 0 Å². The van der Waals surface area contributed by atoms with Crippen LogP contribution in [0.1, 0.15) is 41.5 Å². The molecule has 0 unspecified atom stereocenters. The highest BCUT2D eigenvalue weighted by Gasteiger charge is 2.40. The molecule has 0 aromatic heterocycles. The molecular weight excluding hydrogens is 312 g/mol. The first kappa shape index (κ1) is 19.9. The van der Waals surface area contributed by atoms with E-state index in [1.165, 1.54) is 6.08 Å². The third kappa shape index (κ3) is 5.46. The number of rotatable bonds is 4. The van der Waals surface area contributed by atoms with E-state index >= 15 is 0 Å². The second kappa shape index (κ2) is 6.77. The van der Waals surface area contributed by atoms with E-state index in [9.17, 15) is 9.59 Å². The molecule has 0 amide bonds. The van der Waals surface area contributed by atoms with Gasteiger partial charge in [-0.25, -0.2) is 4.79 Å². The molecule has 0 aromatic rings. The first-order chi connectivity index (χ1) is 10.2. The second-order valence-electron chi connectivity index (χ2n) is 8.53. The van der Waals surface area contributed by atoms with Crippen molar-refractivity contribution in [2.45, 2.75) is 71.9 Å². The van der Waals surface area contributed by atoms with Gasteiger partial charge in [-0.15, -0.1) is 0 Å². The molecule has 0 bridgehead atoms. The summed E-state index contributed by atoms with van der Waals surface area (Å²) in [7, 11) is -1.97. The molecule has 5 nitrogen and oxygen atoms in total. The predicted octanol–water partition coefficient (Wildman–Crippen LogP) is 3.45. The van der Waals surface area contributed by atoms with Crippen molar-refractivity contribution in [2.75, 3.05) is 6.61 Å². The molecule has 0 radical (unpaired) electrons. The van der Waals surface area contributed by atoms with Gasteiger partial charge in [0.25, 0.3) is 0 Å². The van der Waals surface area contributed by atoms with Crippen LogP contribution in [0.25, 0.3) is 0 Å². The van der Waals surface area contributed by atoms with Crippen LogP contribution in [-0.4, -0.2) is 39.1 Å². The lowest BCUT2D eigenvalue weighted by Crippen LogP contribution is -2.47. The lowest BCUT2D eigenvalue weighted by Gasteiger charge is -2.38. The minimum Gasteiger partial charge on any atom is -0.454 e. The summed E-state index contributed by atoms with van der Waals surface area (Å²) in [6.07, 6.45) is 1.66. The Morgan fingerprint density at radius 2 is 1.78 bits per heavy atom. The van der Waals surface area contributed by atoms with Gasteiger partial charge in [-0.3, -0.25) is 4.79 Å². The van der Waals surface area contributed by atoms with Crippen LogP contribution in [0, 0.1) is 5.41 Å². The molecule has 132 valence electrons. The van der Waals surface area contributed by atoms with Crippen LogP contribution in [0.15, 0.2) is 12.2 Å². The molecule has 0 N–H and O–H groups in total. The molecule has 6 heteroatoms. The van der Waals surface area contributed by atoms with Gasteiger partial charge in [-0.05, 0) is 45.0 Å². The number of carbonyl (C=O) groups excluding carboxylic acids is 2. The minimum absolute atomic E-state index is 0.0547. The summed E-state index contributed by atoms with van der Waals surface area (Å²) >= 11 is 0. The zero-order valence-corrected chi connectivity index (χ0v) is 16.6. The summed E-state index contributed by atoms with van der Waals surface area (Å²) in [5.74, 6) is -0.765. The molecule has 1 aliphatic rings. The van der Waals surface area contributed by atoms with E-state index in [1.54, 1.807) is 26.8 Å². The van der Waals surface area contributed by atoms with Gasteiger partial charge >= 0.3 is 11.9 Å². The molecule has 0 aromatic carbocycles. The van der Waals surface area contributed by atoms with Crippen LogP contribution in [0.2, 0.25) is 18.1 Å². The quantitative estimate of drug-likeness (QED) is 0.578. The van der Waals surface area contributed by atoms with Crippen LogP contribution in [0.5, 0.6) is 0 Å². The van der Waals surface area contributed by atoms with Gasteiger partial charge < -0.3 is 13.9 Å². The third-order valence-electron chi connectivity index (χ3n) is 4.33. The maximum atomic E-state index is 12.1. The number of ether oxygens (including phenoxy) is 2. The highest BCUT2D eigenvalue weighted by atomic mass is 28.4. The average molecular weight is 343 g/mol. The lowest BCUT2D eigenvalue weighted by molar-refractivity contribution is -0.171. The smallest absolute Gasteiger partial charge is 0.331 e. The Hall–Kier alpha value is -1.14. The minimum atomic E-state index is -1.97. The van der Waals surface area contributed by atoms with Crippen molar-refractivity contribution in [2.24, 2.45) is 5.41 Å². The number of cyclic esters (lactones) is 1. The Kier molecular flexibility index (Phi) is 5.86. The van der Waals surface area contributed by atoms with Crippen molar-refractivity contribution in [1.29, 1.82) is 0 Å². The Morgan fingerprint density at radius 3 is 2.26 bits per heavy atom. The summed E-state index contributed by atoms with van der Waals surface area (Å²) in [6.45, 7) is 16.3. The summed E-state index contributed by atoms with van der Waals surface area (Å²) < 4.78 is 16.9. The van der Waals surface area contributed by atoms with Crippen molar-refractivity contribution in [3.8, 4) is 0 Å². The van der Waals surface area contributed by atoms with E-state index in [-0.39, 0.29) is 17.6 Å². The van der Waals surface area contributed by atoms with E-state index in [0.717, 1.165) is 0 Å². The van der Waals surface area contributed by atoms with Crippen molar-refractivity contribution < 1.29 is 23.5 Å². The molecule has 1 rings (SSSR count). The summed E-state index contributed by atoms with van der Waals surface area (Å²) in [5, 5.41) is 0.0547. The fourth-order valence-electron chi connectivity index (χ4n) is 1.60. The largest absolute Gasteiger partial charge is 0.454 e. The monoisotopic (exact) mass is 342 g/mol. The number of hydrogen-bond acceptors (Lipinski definition) is 5. The number of esters is 2. The molecule has 23 heavy (non-hydrogen) atoms. The van der Waals surface area contributed by atoms with E-state index in [0.29, 0.717) is 0 Å². The normalized spacial score (nSPS) is 22.7. The maximum Gasteiger partial charge on any atom is 0.331 e. The van der Waals surface area contributed by atoms with Gasteiger partial charge in [-0.2, -0.15) is 0 Å². The molecular formula is C17H30O5Si. The second-order valence-corrected chi connectivity index (χ2v) is 13.3. The number of carbonyl (C=O) groups is 2. The molecule has 0 saturated carbocycles. The van der Waals surface area contributed by atoms with Crippen molar-refractivity contribution in [3.05, 3.63) is 12.2 Å². The Labute approximate surface area is 140 Å². The topological polar surface area (TPSA) is 61.8 Å². The highest BCUT2D eigenvalue weighted by molar-refractivity contribution is 6.74. The molecule has 1 aliphatic heterocycles. The Morgan fingerprint density at radius 1 is 1.22 bits per heavy atom.